The van der Waals surface area contributed by atoms with Crippen LogP contribution < -0.4 is 0 Å². The van der Waals surface area contributed by atoms with Crippen molar-refractivity contribution in [2.24, 2.45) is 0 Å². The molecule has 0 aliphatic carbocycles. The van der Waals surface area contributed by atoms with Gasteiger partial charge in [-0.1, -0.05) is 68.4 Å². The number of hydrogen-bond donors (Lipinski definition) is 2. The van der Waals surface area contributed by atoms with Crippen molar-refractivity contribution in [2.45, 2.75) is 31.6 Å². The molecule has 2 rings (SSSR count). The Balaban J connectivity index is 2.28. The zero-order valence-corrected chi connectivity index (χ0v) is 12.8. The molecule has 21 heavy (non-hydrogen) atoms. The van der Waals surface area contributed by atoms with Crippen LogP contribution in [0.4, 0.5) is 0 Å². The fourth-order valence-electron chi connectivity index (χ4n) is 2.65. The highest BCUT2D eigenvalue weighted by molar-refractivity contribution is 5.32. The summed E-state index contributed by atoms with van der Waals surface area (Å²) in [5.74, 6) is 0.508. The summed E-state index contributed by atoms with van der Waals surface area (Å²) in [5.41, 5.74) is 2.78. The van der Waals surface area contributed by atoms with Crippen LogP contribution in [0, 0.1) is 0 Å². The summed E-state index contributed by atoms with van der Waals surface area (Å²) in [6.45, 7) is 4.20. The van der Waals surface area contributed by atoms with Gasteiger partial charge in [0.15, 0.2) is 0 Å². The molecule has 0 atom stereocenters. The topological polar surface area (TPSA) is 40.5 Å². The second-order valence-corrected chi connectivity index (χ2v) is 6.04. The second-order valence-electron chi connectivity index (χ2n) is 6.04. The maximum Gasteiger partial charge on any atom is 0.0553 e. The highest BCUT2D eigenvalue weighted by Gasteiger charge is 2.31. The van der Waals surface area contributed by atoms with Crippen LogP contribution in [-0.4, -0.2) is 23.4 Å². The highest BCUT2D eigenvalue weighted by Crippen LogP contribution is 2.28. The normalized spacial score (nSPS) is 11.9. The predicted molar refractivity (Wildman–Crippen MR) is 86.5 cm³/mol. The molecule has 0 radical (unpaired) electrons. The van der Waals surface area contributed by atoms with E-state index in [-0.39, 0.29) is 13.2 Å². The van der Waals surface area contributed by atoms with E-state index >= 15 is 0 Å². The molecule has 2 heteroatoms. The SMILES string of the molecule is CC(C)c1ccc(CC(CO)(CO)c2ccccc2)cc1. The Bertz CT molecular complexity index is 540. The van der Waals surface area contributed by atoms with E-state index in [4.69, 9.17) is 0 Å². The van der Waals surface area contributed by atoms with Crippen LogP contribution in [0.1, 0.15) is 36.5 Å². The minimum Gasteiger partial charge on any atom is -0.395 e. The Kier molecular flexibility index (Phi) is 5.16. The smallest absolute Gasteiger partial charge is 0.0553 e. The van der Waals surface area contributed by atoms with Gasteiger partial charge in [0.25, 0.3) is 0 Å². The van der Waals surface area contributed by atoms with Crippen LogP contribution in [-0.2, 0) is 11.8 Å². The quantitative estimate of drug-likeness (QED) is 0.854. The van der Waals surface area contributed by atoms with Gasteiger partial charge in [0.05, 0.1) is 13.2 Å². The highest BCUT2D eigenvalue weighted by atomic mass is 16.3. The monoisotopic (exact) mass is 284 g/mol. The Morgan fingerprint density at radius 3 is 1.90 bits per heavy atom. The van der Waals surface area contributed by atoms with E-state index in [9.17, 15) is 10.2 Å². The second kappa shape index (κ2) is 6.88. The Hall–Kier alpha value is -1.64. The fraction of sp³-hybridized carbons (Fsp3) is 0.368. The molecule has 0 heterocycles. The summed E-state index contributed by atoms with van der Waals surface area (Å²) in [5, 5.41) is 19.7. The number of benzene rings is 2. The summed E-state index contributed by atoms with van der Waals surface area (Å²) >= 11 is 0. The molecule has 0 amide bonds. The first-order chi connectivity index (χ1) is 10.1. The molecule has 0 fully saturated rings. The van der Waals surface area contributed by atoms with E-state index in [1.54, 1.807) is 0 Å². The third-order valence-corrected chi connectivity index (χ3v) is 4.18. The van der Waals surface area contributed by atoms with Gasteiger partial charge >= 0.3 is 0 Å². The van der Waals surface area contributed by atoms with Gasteiger partial charge in [-0.15, -0.1) is 0 Å². The molecule has 2 aromatic carbocycles. The van der Waals surface area contributed by atoms with Gasteiger partial charge in [0.2, 0.25) is 0 Å². The number of aliphatic hydroxyl groups is 2. The average Bonchev–Trinajstić information content (AvgIpc) is 2.54. The third kappa shape index (κ3) is 3.52. The van der Waals surface area contributed by atoms with E-state index in [0.29, 0.717) is 12.3 Å². The van der Waals surface area contributed by atoms with Crippen LogP contribution in [0.15, 0.2) is 54.6 Å². The van der Waals surface area contributed by atoms with Gasteiger partial charge in [0, 0.05) is 5.41 Å². The van der Waals surface area contributed by atoms with Gasteiger partial charge in [-0.25, -0.2) is 0 Å². The molecular weight excluding hydrogens is 260 g/mol. The van der Waals surface area contributed by atoms with Crippen LogP contribution in [0.5, 0.6) is 0 Å². The van der Waals surface area contributed by atoms with Crippen molar-refractivity contribution in [1.29, 1.82) is 0 Å². The van der Waals surface area contributed by atoms with Crippen LogP contribution in [0.2, 0.25) is 0 Å². The standard InChI is InChI=1S/C19H24O2/c1-15(2)17-10-8-16(9-11-17)12-19(13-20,14-21)18-6-4-3-5-7-18/h3-11,15,20-21H,12-14H2,1-2H3. The molecular formula is C19H24O2. The molecule has 0 aromatic heterocycles. The summed E-state index contributed by atoms with van der Waals surface area (Å²) in [4.78, 5) is 0. The maximum atomic E-state index is 9.87. The lowest BCUT2D eigenvalue weighted by Gasteiger charge is -2.30. The van der Waals surface area contributed by atoms with E-state index in [0.717, 1.165) is 11.1 Å². The van der Waals surface area contributed by atoms with Gasteiger partial charge in [-0.2, -0.15) is 0 Å². The first kappa shape index (κ1) is 15.7. The molecule has 2 nitrogen and oxygen atoms in total. The lowest BCUT2D eigenvalue weighted by molar-refractivity contribution is 0.116. The molecule has 0 aliphatic rings. The predicted octanol–water partition coefficient (Wildman–Crippen LogP) is 3.28. The van der Waals surface area contributed by atoms with Crippen molar-refractivity contribution in [3.63, 3.8) is 0 Å². The van der Waals surface area contributed by atoms with E-state index in [2.05, 4.69) is 38.1 Å². The number of hydrogen-bond acceptors (Lipinski definition) is 2. The molecule has 2 aromatic rings. The molecule has 0 saturated heterocycles. The first-order valence-electron chi connectivity index (χ1n) is 7.47. The Morgan fingerprint density at radius 1 is 0.857 bits per heavy atom. The van der Waals surface area contributed by atoms with Gasteiger partial charge in [0.1, 0.15) is 0 Å². The fourth-order valence-corrected chi connectivity index (χ4v) is 2.65. The Morgan fingerprint density at radius 2 is 1.43 bits per heavy atom. The van der Waals surface area contributed by atoms with Crippen molar-refractivity contribution >= 4 is 0 Å². The van der Waals surface area contributed by atoms with Crippen molar-refractivity contribution in [3.8, 4) is 0 Å². The number of rotatable bonds is 6. The number of aliphatic hydroxyl groups excluding tert-OH is 2. The van der Waals surface area contributed by atoms with E-state index < -0.39 is 5.41 Å². The summed E-state index contributed by atoms with van der Waals surface area (Å²) < 4.78 is 0. The van der Waals surface area contributed by atoms with Crippen molar-refractivity contribution < 1.29 is 10.2 Å². The zero-order chi connectivity index (χ0) is 15.3. The largest absolute Gasteiger partial charge is 0.395 e. The van der Waals surface area contributed by atoms with Gasteiger partial charge < -0.3 is 10.2 Å². The van der Waals surface area contributed by atoms with Gasteiger partial charge in [-0.05, 0) is 29.0 Å². The summed E-state index contributed by atoms with van der Waals surface area (Å²) in [7, 11) is 0. The summed E-state index contributed by atoms with van der Waals surface area (Å²) in [6, 6.07) is 18.2. The van der Waals surface area contributed by atoms with E-state index in [1.807, 2.05) is 30.3 Å². The molecule has 2 N–H and O–H groups in total. The lowest BCUT2D eigenvalue weighted by Crippen LogP contribution is -2.37. The molecule has 0 bridgehead atoms. The van der Waals surface area contributed by atoms with Crippen LogP contribution >= 0.6 is 0 Å². The van der Waals surface area contributed by atoms with Crippen molar-refractivity contribution in [1.82, 2.24) is 0 Å². The first-order valence-corrected chi connectivity index (χ1v) is 7.47. The molecule has 0 spiro atoms. The van der Waals surface area contributed by atoms with Crippen molar-refractivity contribution in [2.75, 3.05) is 13.2 Å². The molecule has 0 unspecified atom stereocenters. The zero-order valence-electron chi connectivity index (χ0n) is 12.8. The third-order valence-electron chi connectivity index (χ3n) is 4.18. The molecule has 112 valence electrons. The molecule has 0 aliphatic heterocycles. The van der Waals surface area contributed by atoms with Crippen LogP contribution in [0.3, 0.4) is 0 Å². The average molecular weight is 284 g/mol. The van der Waals surface area contributed by atoms with Crippen LogP contribution in [0.25, 0.3) is 0 Å². The van der Waals surface area contributed by atoms with E-state index in [1.165, 1.54) is 5.56 Å². The Labute approximate surface area is 127 Å². The van der Waals surface area contributed by atoms with Crippen molar-refractivity contribution in [3.05, 3.63) is 71.3 Å². The minimum absolute atomic E-state index is 0.0700. The molecule has 0 saturated carbocycles. The lowest BCUT2D eigenvalue weighted by atomic mass is 9.76. The van der Waals surface area contributed by atoms with Gasteiger partial charge in [-0.3, -0.25) is 0 Å². The maximum absolute atomic E-state index is 9.87. The summed E-state index contributed by atoms with van der Waals surface area (Å²) in [6.07, 6.45) is 0.627. The minimum atomic E-state index is -0.624.